The molecule has 3 aromatic rings. The normalized spacial score (nSPS) is 10.7. The van der Waals surface area contributed by atoms with Crippen LogP contribution in [0.1, 0.15) is 36.4 Å². The second-order valence-corrected chi connectivity index (χ2v) is 8.72. The molecule has 3 rings (SSSR count). The fourth-order valence-corrected chi connectivity index (χ4v) is 4.36. The van der Waals surface area contributed by atoms with Crippen LogP contribution in [0.25, 0.3) is 0 Å². The van der Waals surface area contributed by atoms with E-state index >= 15 is 0 Å². The van der Waals surface area contributed by atoms with E-state index in [0.717, 1.165) is 34.5 Å². The Labute approximate surface area is 204 Å². The van der Waals surface area contributed by atoms with Gasteiger partial charge in [-0.15, -0.1) is 10.2 Å². The smallest absolute Gasteiger partial charge is 0.258 e. The van der Waals surface area contributed by atoms with Crippen molar-refractivity contribution in [2.24, 2.45) is 0 Å². The van der Waals surface area contributed by atoms with Gasteiger partial charge in [-0.25, -0.2) is 0 Å². The van der Waals surface area contributed by atoms with E-state index in [-0.39, 0.29) is 30.7 Å². The number of carbonyl (C=O) groups excluding carboxylic acids is 2. The highest BCUT2D eigenvalue weighted by atomic mass is 32.2. The third-order valence-corrected chi connectivity index (χ3v) is 6.28. The van der Waals surface area contributed by atoms with E-state index in [4.69, 9.17) is 4.74 Å². The Kier molecular flexibility index (Phi) is 9.09. The van der Waals surface area contributed by atoms with Crippen LogP contribution in [0.5, 0.6) is 5.75 Å². The van der Waals surface area contributed by atoms with Gasteiger partial charge in [0.2, 0.25) is 5.91 Å². The first-order valence-corrected chi connectivity index (χ1v) is 12.3. The van der Waals surface area contributed by atoms with Gasteiger partial charge in [0.1, 0.15) is 5.75 Å². The molecule has 2 aromatic carbocycles. The highest BCUT2D eigenvalue weighted by Crippen LogP contribution is 2.22. The molecule has 0 aliphatic heterocycles. The average Bonchev–Trinajstić information content (AvgIpc) is 3.23. The second-order valence-electron chi connectivity index (χ2n) is 7.78. The van der Waals surface area contributed by atoms with Gasteiger partial charge in [0.15, 0.2) is 17.6 Å². The van der Waals surface area contributed by atoms with Gasteiger partial charge in [0, 0.05) is 12.2 Å². The largest absolute Gasteiger partial charge is 0.483 e. The maximum Gasteiger partial charge on any atom is 0.258 e. The molecule has 2 N–H and O–H groups in total. The number of anilines is 1. The van der Waals surface area contributed by atoms with Gasteiger partial charge in [0.05, 0.1) is 12.3 Å². The van der Waals surface area contributed by atoms with Crippen LogP contribution in [0.4, 0.5) is 5.69 Å². The molecule has 0 atom stereocenters. The van der Waals surface area contributed by atoms with Crippen molar-refractivity contribution in [2.45, 2.75) is 52.4 Å². The number of aromatic nitrogens is 3. The van der Waals surface area contributed by atoms with Crippen LogP contribution in [-0.2, 0) is 29.1 Å². The summed E-state index contributed by atoms with van der Waals surface area (Å²) < 4.78 is 7.60. The van der Waals surface area contributed by atoms with Crippen molar-refractivity contribution < 1.29 is 14.3 Å². The summed E-state index contributed by atoms with van der Waals surface area (Å²) in [6.07, 6.45) is 0.846. The Balaban J connectivity index is 1.51. The molecule has 0 radical (unpaired) electrons. The minimum Gasteiger partial charge on any atom is -0.483 e. The molecule has 2 amide bonds. The monoisotopic (exact) mass is 481 g/mol. The molecule has 0 fully saturated rings. The summed E-state index contributed by atoms with van der Waals surface area (Å²) in [5, 5.41) is 14.8. The first-order valence-electron chi connectivity index (χ1n) is 11.3. The van der Waals surface area contributed by atoms with E-state index in [0.29, 0.717) is 17.5 Å². The zero-order valence-corrected chi connectivity index (χ0v) is 20.9. The molecule has 0 saturated carbocycles. The summed E-state index contributed by atoms with van der Waals surface area (Å²) in [5.74, 6) is 1.23. The molecule has 1 aromatic heterocycles. The van der Waals surface area contributed by atoms with Crippen molar-refractivity contribution in [3.63, 3.8) is 0 Å². The molecular weight excluding hydrogens is 450 g/mol. The van der Waals surface area contributed by atoms with Gasteiger partial charge in [-0.1, -0.05) is 55.1 Å². The number of aryl methyl sites for hydroxylation is 3. The second kappa shape index (κ2) is 12.2. The summed E-state index contributed by atoms with van der Waals surface area (Å²) >= 11 is 1.32. The van der Waals surface area contributed by atoms with Crippen molar-refractivity contribution in [3.8, 4) is 5.75 Å². The number of nitrogens with zero attached hydrogens (tertiary/aromatic N) is 3. The molecule has 0 aliphatic rings. The fourth-order valence-electron chi connectivity index (χ4n) is 3.53. The molecule has 8 nitrogen and oxygen atoms in total. The lowest BCUT2D eigenvalue weighted by Gasteiger charge is -2.12. The van der Waals surface area contributed by atoms with Crippen LogP contribution < -0.4 is 15.4 Å². The number of carbonyl (C=O) groups is 2. The van der Waals surface area contributed by atoms with E-state index in [9.17, 15) is 9.59 Å². The number of para-hydroxylation sites is 2. The Bertz CT molecular complexity index is 1130. The zero-order chi connectivity index (χ0) is 24.5. The number of hydrogen-bond donors (Lipinski definition) is 2. The molecule has 180 valence electrons. The van der Waals surface area contributed by atoms with E-state index < -0.39 is 0 Å². The van der Waals surface area contributed by atoms with Gasteiger partial charge >= 0.3 is 0 Å². The summed E-state index contributed by atoms with van der Waals surface area (Å²) in [6, 6.07) is 13.6. The van der Waals surface area contributed by atoms with Crippen molar-refractivity contribution in [3.05, 3.63) is 65.0 Å². The minimum atomic E-state index is -0.239. The lowest BCUT2D eigenvalue weighted by molar-refractivity contribution is -0.123. The molecule has 0 aliphatic carbocycles. The third-order valence-electron chi connectivity index (χ3n) is 5.31. The third kappa shape index (κ3) is 6.60. The van der Waals surface area contributed by atoms with Crippen LogP contribution in [0.2, 0.25) is 0 Å². The van der Waals surface area contributed by atoms with Crippen molar-refractivity contribution >= 4 is 29.3 Å². The number of benzene rings is 2. The van der Waals surface area contributed by atoms with Crippen LogP contribution >= 0.6 is 11.8 Å². The Morgan fingerprint density at radius 1 is 1.00 bits per heavy atom. The topological polar surface area (TPSA) is 98.1 Å². The average molecular weight is 482 g/mol. The predicted molar refractivity (Wildman–Crippen MR) is 134 cm³/mol. The van der Waals surface area contributed by atoms with E-state index in [1.54, 1.807) is 0 Å². The van der Waals surface area contributed by atoms with Crippen molar-refractivity contribution in [1.29, 1.82) is 0 Å². The summed E-state index contributed by atoms with van der Waals surface area (Å²) in [7, 11) is 0. The van der Waals surface area contributed by atoms with E-state index in [1.807, 2.05) is 67.8 Å². The standard InChI is InChI=1S/C25H31N5O3S/c1-5-19-12-7-8-13-20(19)27-23(32)16-34-25-29-28-21(30(25)6-2)14-26-22(31)15-33-24-17(3)10-9-11-18(24)4/h7-13H,5-6,14-16H2,1-4H3,(H,26,31)(H,27,32). The van der Waals surface area contributed by atoms with E-state index in [2.05, 4.69) is 27.8 Å². The molecular formula is C25H31N5O3S. The number of nitrogens with one attached hydrogen (secondary N) is 2. The van der Waals surface area contributed by atoms with Crippen LogP contribution in [-0.4, -0.2) is 38.9 Å². The zero-order valence-electron chi connectivity index (χ0n) is 20.1. The Morgan fingerprint density at radius 2 is 1.74 bits per heavy atom. The first-order chi connectivity index (χ1) is 16.4. The summed E-state index contributed by atoms with van der Waals surface area (Å²) in [5.41, 5.74) is 3.90. The van der Waals surface area contributed by atoms with Gasteiger partial charge in [-0.2, -0.15) is 0 Å². The summed E-state index contributed by atoms with van der Waals surface area (Å²) in [4.78, 5) is 24.8. The lowest BCUT2D eigenvalue weighted by atomic mass is 10.1. The quantitative estimate of drug-likeness (QED) is 0.403. The number of rotatable bonds is 11. The number of ether oxygens (including phenoxy) is 1. The Hall–Kier alpha value is -3.33. The lowest BCUT2D eigenvalue weighted by Crippen LogP contribution is -2.29. The van der Waals surface area contributed by atoms with Crippen molar-refractivity contribution in [2.75, 3.05) is 17.7 Å². The number of amides is 2. The molecule has 0 bridgehead atoms. The Morgan fingerprint density at radius 3 is 2.44 bits per heavy atom. The molecule has 34 heavy (non-hydrogen) atoms. The predicted octanol–water partition coefficient (Wildman–Crippen LogP) is 3.90. The number of hydrogen-bond acceptors (Lipinski definition) is 6. The van der Waals surface area contributed by atoms with E-state index in [1.165, 1.54) is 11.8 Å². The molecule has 0 unspecified atom stereocenters. The highest BCUT2D eigenvalue weighted by molar-refractivity contribution is 7.99. The maximum atomic E-state index is 12.5. The van der Waals surface area contributed by atoms with Crippen LogP contribution in [0.15, 0.2) is 47.6 Å². The first kappa shape index (κ1) is 25.3. The van der Waals surface area contributed by atoms with Gasteiger partial charge in [-0.05, 0) is 49.9 Å². The van der Waals surface area contributed by atoms with Gasteiger partial charge in [-0.3, -0.25) is 9.59 Å². The highest BCUT2D eigenvalue weighted by Gasteiger charge is 2.15. The van der Waals surface area contributed by atoms with Crippen molar-refractivity contribution in [1.82, 2.24) is 20.1 Å². The molecule has 9 heteroatoms. The maximum absolute atomic E-state index is 12.5. The fraction of sp³-hybridized carbons (Fsp3) is 0.360. The molecule has 0 saturated heterocycles. The minimum absolute atomic E-state index is 0.0764. The molecule has 0 spiro atoms. The number of thioether (sulfide) groups is 1. The van der Waals surface area contributed by atoms with Gasteiger partial charge in [0.25, 0.3) is 5.91 Å². The van der Waals surface area contributed by atoms with Crippen LogP contribution in [0, 0.1) is 13.8 Å². The molecule has 1 heterocycles. The van der Waals surface area contributed by atoms with Crippen LogP contribution in [0.3, 0.4) is 0 Å². The SMILES string of the molecule is CCc1ccccc1NC(=O)CSc1nnc(CNC(=O)COc2c(C)cccc2C)n1CC. The summed E-state index contributed by atoms with van der Waals surface area (Å²) in [6.45, 7) is 8.71. The van der Waals surface area contributed by atoms with Gasteiger partial charge < -0.3 is 19.9 Å².